The van der Waals surface area contributed by atoms with E-state index in [1.165, 1.54) is 0 Å². The van der Waals surface area contributed by atoms with E-state index in [1.54, 1.807) is 27.7 Å². The zero-order valence-corrected chi connectivity index (χ0v) is 12.2. The molecule has 0 rings (SSSR count). The van der Waals surface area contributed by atoms with Crippen LogP contribution >= 0.6 is 7.60 Å². The van der Waals surface area contributed by atoms with Crippen molar-refractivity contribution in [2.75, 3.05) is 19.8 Å². The van der Waals surface area contributed by atoms with Gasteiger partial charge in [-0.15, -0.1) is 0 Å². The van der Waals surface area contributed by atoms with E-state index < -0.39 is 18.9 Å². The van der Waals surface area contributed by atoms with Gasteiger partial charge in [-0.1, -0.05) is 6.92 Å². The lowest BCUT2D eigenvalue weighted by atomic mass is 10.3. The van der Waals surface area contributed by atoms with Gasteiger partial charge in [0.15, 0.2) is 5.31 Å². The minimum atomic E-state index is -3.83. The van der Waals surface area contributed by atoms with E-state index in [1.807, 2.05) is 0 Å². The first-order valence-electron chi connectivity index (χ1n) is 5.95. The number of rotatable bonds is 8. The van der Waals surface area contributed by atoms with Crippen LogP contribution in [0.4, 0.5) is 0 Å². The van der Waals surface area contributed by atoms with Crippen LogP contribution in [0.2, 0.25) is 0 Å². The largest absolute Gasteiger partial charge is 0.511 e. The van der Waals surface area contributed by atoms with Crippen LogP contribution in [-0.4, -0.2) is 30.9 Å². The summed E-state index contributed by atoms with van der Waals surface area (Å²) in [4.78, 5) is 11.8. The Bertz CT molecular complexity index is 339. The van der Waals surface area contributed by atoms with Gasteiger partial charge in [-0.2, -0.15) is 0 Å². The molecule has 0 aromatic heterocycles. The number of esters is 1. The van der Waals surface area contributed by atoms with Crippen LogP contribution in [-0.2, 0) is 23.1 Å². The number of ether oxygens (including phenoxy) is 1. The van der Waals surface area contributed by atoms with Gasteiger partial charge in [-0.05, 0) is 20.8 Å². The van der Waals surface area contributed by atoms with Crippen molar-refractivity contribution in [3.63, 3.8) is 0 Å². The Morgan fingerprint density at radius 1 is 1.06 bits per heavy atom. The third kappa shape index (κ3) is 4.44. The van der Waals surface area contributed by atoms with Crippen molar-refractivity contribution in [2.45, 2.75) is 34.1 Å². The van der Waals surface area contributed by atoms with Crippen LogP contribution in [0.3, 0.4) is 0 Å². The lowest BCUT2D eigenvalue weighted by Gasteiger charge is -2.19. The molecule has 0 saturated carbocycles. The molecule has 6 nitrogen and oxygen atoms in total. The number of carbonyl (C=O) groups is 1. The summed E-state index contributed by atoms with van der Waals surface area (Å²) < 4.78 is 27.3. The fraction of sp³-hybridized carbons (Fsp3) is 0.727. The zero-order valence-electron chi connectivity index (χ0n) is 11.3. The summed E-state index contributed by atoms with van der Waals surface area (Å²) in [5, 5.41) is 9.34. The number of hydrogen-bond donors (Lipinski definition) is 1. The molecule has 0 unspecified atom stereocenters. The Balaban J connectivity index is 5.53. The fourth-order valence-electron chi connectivity index (χ4n) is 1.26. The predicted octanol–water partition coefficient (Wildman–Crippen LogP) is 3.00. The van der Waals surface area contributed by atoms with Crippen molar-refractivity contribution in [3.05, 3.63) is 11.1 Å². The van der Waals surface area contributed by atoms with Gasteiger partial charge in [-0.3, -0.25) is 4.57 Å². The Morgan fingerprint density at radius 3 is 1.89 bits per heavy atom. The zero-order chi connectivity index (χ0) is 14.2. The molecule has 106 valence electrons. The van der Waals surface area contributed by atoms with E-state index in [9.17, 15) is 14.5 Å². The van der Waals surface area contributed by atoms with E-state index in [4.69, 9.17) is 13.8 Å². The average molecular weight is 280 g/mol. The normalized spacial score (nSPS) is 13.1. The standard InChI is InChI=1S/C11H21O6P/c1-5-9(12)10(11(13)15-6-2)18(14,16-7-3)17-8-4/h12H,5-8H2,1-4H3/b10-9-. The maximum atomic E-state index is 12.5. The molecule has 0 aromatic rings. The number of hydrogen-bond acceptors (Lipinski definition) is 6. The van der Waals surface area contributed by atoms with Gasteiger partial charge < -0.3 is 18.9 Å². The SMILES string of the molecule is CCOC(=O)/C(=C(/O)CC)P(=O)(OCC)OCC. The minimum absolute atomic E-state index is 0.0944. The summed E-state index contributed by atoms with van der Waals surface area (Å²) >= 11 is 0. The highest BCUT2D eigenvalue weighted by Crippen LogP contribution is 2.57. The van der Waals surface area contributed by atoms with Crippen molar-refractivity contribution in [3.8, 4) is 0 Å². The van der Waals surface area contributed by atoms with E-state index in [0.29, 0.717) is 0 Å². The molecule has 0 bridgehead atoms. The molecule has 0 fully saturated rings. The molecule has 0 amide bonds. The van der Waals surface area contributed by atoms with Crippen LogP contribution in [0, 0.1) is 0 Å². The Kier molecular flexibility index (Phi) is 7.91. The molecule has 0 aromatic carbocycles. The number of allylic oxidation sites excluding steroid dienone is 1. The van der Waals surface area contributed by atoms with Crippen molar-refractivity contribution >= 4 is 13.6 Å². The summed E-state index contributed by atoms with van der Waals surface area (Å²) in [6.45, 7) is 6.78. The van der Waals surface area contributed by atoms with Gasteiger partial charge in [0, 0.05) is 6.42 Å². The topological polar surface area (TPSA) is 82.1 Å². The van der Waals surface area contributed by atoms with Gasteiger partial charge in [0.05, 0.1) is 19.8 Å². The van der Waals surface area contributed by atoms with Gasteiger partial charge in [0.1, 0.15) is 5.76 Å². The minimum Gasteiger partial charge on any atom is -0.511 e. The summed E-state index contributed by atoms with van der Waals surface area (Å²) in [6.07, 6.45) is 0.137. The molecule has 7 heteroatoms. The monoisotopic (exact) mass is 280 g/mol. The highest BCUT2D eigenvalue weighted by atomic mass is 31.2. The van der Waals surface area contributed by atoms with Crippen molar-refractivity contribution in [1.82, 2.24) is 0 Å². The van der Waals surface area contributed by atoms with E-state index in [0.717, 1.165) is 0 Å². The molecule has 0 atom stereocenters. The van der Waals surface area contributed by atoms with E-state index in [-0.39, 0.29) is 32.0 Å². The van der Waals surface area contributed by atoms with Crippen molar-refractivity contribution in [2.24, 2.45) is 0 Å². The van der Waals surface area contributed by atoms with Crippen LogP contribution in [0.5, 0.6) is 0 Å². The maximum Gasteiger partial charge on any atom is 0.372 e. The van der Waals surface area contributed by atoms with Crippen molar-refractivity contribution in [1.29, 1.82) is 0 Å². The quantitative estimate of drug-likeness (QED) is 0.318. The Labute approximate surface area is 107 Å². The van der Waals surface area contributed by atoms with E-state index >= 15 is 0 Å². The second-order valence-corrected chi connectivity index (χ2v) is 5.16. The maximum absolute atomic E-state index is 12.5. The second-order valence-electron chi connectivity index (χ2n) is 3.20. The second kappa shape index (κ2) is 8.29. The first kappa shape index (κ1) is 17.2. The van der Waals surface area contributed by atoms with Crippen LogP contribution in [0.25, 0.3) is 0 Å². The predicted molar refractivity (Wildman–Crippen MR) is 67.4 cm³/mol. The molecule has 0 aliphatic carbocycles. The lowest BCUT2D eigenvalue weighted by Crippen LogP contribution is -2.14. The molecule has 0 spiro atoms. The molecule has 0 aliphatic heterocycles. The van der Waals surface area contributed by atoms with Crippen LogP contribution in [0.1, 0.15) is 34.1 Å². The third-order valence-corrected chi connectivity index (χ3v) is 4.13. The molecular weight excluding hydrogens is 259 g/mol. The lowest BCUT2D eigenvalue weighted by molar-refractivity contribution is -0.138. The van der Waals surface area contributed by atoms with E-state index in [2.05, 4.69) is 0 Å². The first-order valence-corrected chi connectivity index (χ1v) is 7.49. The Hall–Kier alpha value is -0.840. The average Bonchev–Trinajstić information content (AvgIpc) is 2.29. The van der Waals surface area contributed by atoms with Crippen LogP contribution < -0.4 is 0 Å². The Morgan fingerprint density at radius 2 is 1.56 bits per heavy atom. The van der Waals surface area contributed by atoms with Crippen LogP contribution in [0.15, 0.2) is 11.1 Å². The molecule has 0 heterocycles. The fourth-order valence-corrected chi connectivity index (χ4v) is 3.04. The summed E-state index contributed by atoms with van der Waals surface area (Å²) in [5.74, 6) is -1.21. The molecule has 0 aliphatic rings. The highest BCUT2D eigenvalue weighted by Gasteiger charge is 2.39. The molecular formula is C11H21O6P. The summed E-state index contributed by atoms with van der Waals surface area (Å²) in [6, 6.07) is 0. The van der Waals surface area contributed by atoms with Gasteiger partial charge >= 0.3 is 13.6 Å². The van der Waals surface area contributed by atoms with Crippen molar-refractivity contribution < 1.29 is 28.3 Å². The summed E-state index contributed by atoms with van der Waals surface area (Å²) in [5.41, 5.74) is 0. The third-order valence-electron chi connectivity index (χ3n) is 1.95. The molecule has 0 saturated heterocycles. The smallest absolute Gasteiger partial charge is 0.372 e. The number of aliphatic hydroxyl groups is 1. The van der Waals surface area contributed by atoms with Gasteiger partial charge in [0.25, 0.3) is 0 Å². The summed E-state index contributed by atoms with van der Waals surface area (Å²) in [7, 11) is -3.83. The van der Waals surface area contributed by atoms with Gasteiger partial charge in [-0.25, -0.2) is 4.79 Å². The van der Waals surface area contributed by atoms with Gasteiger partial charge in [0.2, 0.25) is 0 Å². The molecule has 0 radical (unpaired) electrons. The molecule has 18 heavy (non-hydrogen) atoms. The number of carbonyl (C=O) groups excluding carboxylic acids is 1. The highest BCUT2D eigenvalue weighted by molar-refractivity contribution is 7.60. The first-order chi connectivity index (χ1) is 8.46. The molecule has 1 N–H and O–H groups in total. The number of aliphatic hydroxyl groups excluding tert-OH is 1.